The average molecular weight is 434 g/mol. The minimum absolute atomic E-state index is 0.0136. The normalized spacial score (nSPS) is 17.1. The summed E-state index contributed by atoms with van der Waals surface area (Å²) in [5.74, 6) is -1.28. The van der Waals surface area contributed by atoms with E-state index in [2.05, 4.69) is 14.8 Å². The standard InChI is InChI=1S/C17H17F3N2O6S/c18-17(19,20)28-12-5-3-11(4-6-12)22-29(24,25)15-8-7-14(27-15)16(23)21-10-13-2-1-9-26-13/h3-8,13,22H,1-2,9-10H2,(H,21,23)/t13-/m0/s1. The smallest absolute Gasteiger partial charge is 0.438 e. The topological polar surface area (TPSA) is 107 Å². The summed E-state index contributed by atoms with van der Waals surface area (Å²) in [4.78, 5) is 12.1. The molecule has 0 spiro atoms. The predicted octanol–water partition coefficient (Wildman–Crippen LogP) is 2.89. The van der Waals surface area contributed by atoms with Gasteiger partial charge in [0.25, 0.3) is 15.9 Å². The number of amides is 1. The molecule has 1 atom stereocenters. The van der Waals surface area contributed by atoms with Crippen molar-refractivity contribution in [1.29, 1.82) is 0 Å². The van der Waals surface area contributed by atoms with Gasteiger partial charge in [-0.25, -0.2) is 0 Å². The SMILES string of the molecule is O=C(NC[C@@H]1CCCO1)c1ccc(S(=O)(=O)Nc2ccc(OC(F)(F)F)cc2)o1. The van der Waals surface area contributed by atoms with E-state index in [1.807, 2.05) is 0 Å². The fourth-order valence-electron chi connectivity index (χ4n) is 2.62. The van der Waals surface area contributed by atoms with Crippen molar-refractivity contribution >= 4 is 21.6 Å². The van der Waals surface area contributed by atoms with E-state index in [1.165, 1.54) is 6.07 Å². The van der Waals surface area contributed by atoms with E-state index in [0.29, 0.717) is 6.61 Å². The summed E-state index contributed by atoms with van der Waals surface area (Å²) in [6.45, 7) is 0.922. The Morgan fingerprint density at radius 1 is 1.17 bits per heavy atom. The summed E-state index contributed by atoms with van der Waals surface area (Å²) in [5.41, 5.74) is -0.0136. The van der Waals surface area contributed by atoms with Crippen molar-refractivity contribution in [2.45, 2.75) is 30.4 Å². The number of benzene rings is 1. The Labute approximate surface area is 164 Å². The highest BCUT2D eigenvalue weighted by Gasteiger charge is 2.31. The molecule has 1 aromatic heterocycles. The quantitative estimate of drug-likeness (QED) is 0.694. The molecule has 1 fully saturated rings. The Morgan fingerprint density at radius 2 is 1.90 bits per heavy atom. The molecule has 3 rings (SSSR count). The highest BCUT2D eigenvalue weighted by Crippen LogP contribution is 2.25. The number of rotatable bonds is 7. The van der Waals surface area contributed by atoms with Crippen LogP contribution in [-0.2, 0) is 14.8 Å². The van der Waals surface area contributed by atoms with Crippen molar-refractivity contribution in [3.8, 4) is 5.75 Å². The van der Waals surface area contributed by atoms with Gasteiger partial charge in [0.1, 0.15) is 5.75 Å². The number of halogens is 3. The molecule has 1 amide bonds. The van der Waals surface area contributed by atoms with E-state index in [-0.39, 0.29) is 24.1 Å². The molecule has 1 aromatic carbocycles. The lowest BCUT2D eigenvalue weighted by Crippen LogP contribution is -2.31. The number of carbonyl (C=O) groups excluding carboxylic acids is 1. The van der Waals surface area contributed by atoms with Gasteiger partial charge < -0.3 is 19.2 Å². The first-order valence-corrected chi connectivity index (χ1v) is 9.99. The highest BCUT2D eigenvalue weighted by molar-refractivity contribution is 7.92. The molecule has 0 bridgehead atoms. The zero-order valence-corrected chi connectivity index (χ0v) is 15.7. The van der Waals surface area contributed by atoms with E-state index in [9.17, 15) is 26.4 Å². The first-order chi connectivity index (χ1) is 13.6. The van der Waals surface area contributed by atoms with Crippen LogP contribution in [0.25, 0.3) is 0 Å². The maximum Gasteiger partial charge on any atom is 0.573 e. The second-order valence-corrected chi connectivity index (χ2v) is 7.75. The molecule has 0 aliphatic carbocycles. The van der Waals surface area contributed by atoms with Crippen molar-refractivity contribution in [3.05, 3.63) is 42.2 Å². The van der Waals surface area contributed by atoms with Gasteiger partial charge in [0.15, 0.2) is 5.76 Å². The summed E-state index contributed by atoms with van der Waals surface area (Å²) in [6.07, 6.45) is -3.19. The molecule has 12 heteroatoms. The van der Waals surface area contributed by atoms with Crippen LogP contribution in [0.5, 0.6) is 5.75 Å². The van der Waals surface area contributed by atoms with Crippen LogP contribution < -0.4 is 14.8 Å². The van der Waals surface area contributed by atoms with Gasteiger partial charge in [0.05, 0.1) is 6.10 Å². The molecule has 29 heavy (non-hydrogen) atoms. The lowest BCUT2D eigenvalue weighted by atomic mass is 10.2. The fraction of sp³-hybridized carbons (Fsp3) is 0.353. The van der Waals surface area contributed by atoms with Crippen LogP contribution in [0.2, 0.25) is 0 Å². The van der Waals surface area contributed by atoms with Crippen LogP contribution >= 0.6 is 0 Å². The molecule has 158 valence electrons. The lowest BCUT2D eigenvalue weighted by Gasteiger charge is -2.10. The van der Waals surface area contributed by atoms with Gasteiger partial charge in [-0.05, 0) is 49.2 Å². The third-order valence-electron chi connectivity index (χ3n) is 3.92. The Balaban J connectivity index is 1.61. The number of ether oxygens (including phenoxy) is 2. The van der Waals surface area contributed by atoms with Gasteiger partial charge in [0, 0.05) is 18.8 Å². The number of sulfonamides is 1. The first-order valence-electron chi connectivity index (χ1n) is 8.51. The molecule has 2 N–H and O–H groups in total. The average Bonchev–Trinajstić information content (AvgIpc) is 3.32. The summed E-state index contributed by atoms with van der Waals surface area (Å²) in [7, 11) is -4.19. The third kappa shape index (κ3) is 5.87. The zero-order valence-electron chi connectivity index (χ0n) is 14.9. The minimum atomic E-state index is -4.85. The van der Waals surface area contributed by atoms with Crippen LogP contribution in [-0.4, -0.2) is 39.9 Å². The van der Waals surface area contributed by atoms with Crippen molar-refractivity contribution in [2.24, 2.45) is 0 Å². The molecule has 2 heterocycles. The molecule has 0 unspecified atom stereocenters. The zero-order chi connectivity index (χ0) is 21.1. The molecular formula is C17H17F3N2O6S. The van der Waals surface area contributed by atoms with Crippen LogP contribution in [0.4, 0.5) is 18.9 Å². The molecule has 0 saturated carbocycles. The molecule has 1 aliphatic rings. The molecule has 2 aromatic rings. The summed E-state index contributed by atoms with van der Waals surface area (Å²) in [5, 5.41) is 2.08. The van der Waals surface area contributed by atoms with E-state index in [1.54, 1.807) is 0 Å². The van der Waals surface area contributed by atoms with E-state index in [0.717, 1.165) is 43.2 Å². The van der Waals surface area contributed by atoms with Gasteiger partial charge in [-0.15, -0.1) is 13.2 Å². The number of alkyl halides is 3. The molecular weight excluding hydrogens is 417 g/mol. The van der Waals surface area contributed by atoms with E-state index in [4.69, 9.17) is 9.15 Å². The highest BCUT2D eigenvalue weighted by atomic mass is 32.2. The largest absolute Gasteiger partial charge is 0.573 e. The van der Waals surface area contributed by atoms with Crippen molar-refractivity contribution in [1.82, 2.24) is 5.32 Å². The van der Waals surface area contributed by atoms with Crippen molar-refractivity contribution in [2.75, 3.05) is 17.9 Å². The van der Waals surface area contributed by atoms with Gasteiger partial charge in [-0.3, -0.25) is 9.52 Å². The second-order valence-electron chi connectivity index (χ2n) is 6.14. The van der Waals surface area contributed by atoms with Crippen molar-refractivity contribution < 1.29 is 40.3 Å². The molecule has 1 saturated heterocycles. The number of nitrogens with one attached hydrogen (secondary N) is 2. The van der Waals surface area contributed by atoms with Crippen LogP contribution in [0.15, 0.2) is 45.9 Å². The second kappa shape index (κ2) is 8.33. The molecule has 0 radical (unpaired) electrons. The van der Waals surface area contributed by atoms with Crippen molar-refractivity contribution in [3.63, 3.8) is 0 Å². The number of anilines is 1. The van der Waals surface area contributed by atoms with Gasteiger partial charge in [-0.1, -0.05) is 0 Å². The molecule has 8 nitrogen and oxygen atoms in total. The third-order valence-corrected chi connectivity index (χ3v) is 5.18. The Hall–Kier alpha value is -2.73. The monoisotopic (exact) mass is 434 g/mol. The fourth-order valence-corrected chi connectivity index (χ4v) is 3.61. The number of hydrogen-bond donors (Lipinski definition) is 2. The maximum absolute atomic E-state index is 12.4. The molecule has 1 aliphatic heterocycles. The van der Waals surface area contributed by atoms with E-state index >= 15 is 0 Å². The van der Waals surface area contributed by atoms with Crippen LogP contribution in [0.3, 0.4) is 0 Å². The Morgan fingerprint density at radius 3 is 2.52 bits per heavy atom. The Bertz CT molecular complexity index is 950. The van der Waals surface area contributed by atoms with E-state index < -0.39 is 33.1 Å². The van der Waals surface area contributed by atoms with Gasteiger partial charge in [0.2, 0.25) is 5.09 Å². The van der Waals surface area contributed by atoms with Crippen LogP contribution in [0, 0.1) is 0 Å². The summed E-state index contributed by atoms with van der Waals surface area (Å²) < 4.78 is 77.5. The first kappa shape index (κ1) is 21.0. The lowest BCUT2D eigenvalue weighted by molar-refractivity contribution is -0.274. The maximum atomic E-state index is 12.4. The summed E-state index contributed by atoms with van der Waals surface area (Å²) in [6, 6.07) is 6.41. The summed E-state index contributed by atoms with van der Waals surface area (Å²) >= 11 is 0. The van der Waals surface area contributed by atoms with Gasteiger partial charge >= 0.3 is 6.36 Å². The predicted molar refractivity (Wildman–Crippen MR) is 93.9 cm³/mol. The Kier molecular flexibility index (Phi) is 6.03. The number of hydrogen-bond acceptors (Lipinski definition) is 6. The van der Waals surface area contributed by atoms with Gasteiger partial charge in [-0.2, -0.15) is 8.42 Å². The minimum Gasteiger partial charge on any atom is -0.438 e. The number of carbonyl (C=O) groups is 1. The van der Waals surface area contributed by atoms with Crippen LogP contribution in [0.1, 0.15) is 23.4 Å². The number of furan rings is 1.